The largest absolute Gasteiger partial charge is 0.354 e. The van der Waals surface area contributed by atoms with Crippen LogP contribution in [0.25, 0.3) is 0 Å². The first-order valence-electron chi connectivity index (χ1n) is 9.18. The smallest absolute Gasteiger partial charge is 0.218 e. The van der Waals surface area contributed by atoms with Crippen molar-refractivity contribution in [2.75, 3.05) is 31.1 Å². The highest BCUT2D eigenvalue weighted by Crippen LogP contribution is 2.25. The summed E-state index contributed by atoms with van der Waals surface area (Å²) in [6.45, 7) is 8.10. The Labute approximate surface area is 176 Å². The van der Waals surface area contributed by atoms with E-state index in [4.69, 9.17) is 23.2 Å². The molecular formula is C19H24Cl2N4O2S. The number of piperazine rings is 1. The number of anilines is 1. The van der Waals surface area contributed by atoms with Gasteiger partial charge in [0.2, 0.25) is 10.0 Å². The first kappa shape index (κ1) is 21.3. The Bertz CT molecular complexity index is 958. The monoisotopic (exact) mass is 442 g/mol. The molecule has 0 amide bonds. The van der Waals surface area contributed by atoms with Gasteiger partial charge in [0, 0.05) is 43.9 Å². The fourth-order valence-electron chi connectivity index (χ4n) is 3.12. The normalized spacial score (nSPS) is 16.0. The van der Waals surface area contributed by atoms with Gasteiger partial charge in [-0.05, 0) is 24.6 Å². The summed E-state index contributed by atoms with van der Waals surface area (Å²) < 4.78 is 27.1. The lowest BCUT2D eigenvalue weighted by molar-refractivity contribution is 0.383. The van der Waals surface area contributed by atoms with Crippen LogP contribution in [0, 0.1) is 6.92 Å². The SMILES string of the molecule is Cc1cc(N2CCN(S(=O)(=O)Cc3ccc(Cl)c(Cl)c3)CC2)nc(C(C)C)n1. The van der Waals surface area contributed by atoms with Gasteiger partial charge in [0.25, 0.3) is 0 Å². The molecule has 1 aromatic heterocycles. The maximum atomic E-state index is 12.8. The summed E-state index contributed by atoms with van der Waals surface area (Å²) in [7, 11) is -3.43. The lowest BCUT2D eigenvalue weighted by atomic mass is 10.2. The van der Waals surface area contributed by atoms with Gasteiger partial charge >= 0.3 is 0 Å². The number of benzene rings is 1. The lowest BCUT2D eigenvalue weighted by Crippen LogP contribution is -2.49. The molecule has 1 aliphatic rings. The highest BCUT2D eigenvalue weighted by molar-refractivity contribution is 7.88. The standard InChI is InChI=1S/C19H24Cl2N4O2S/c1-13(2)19-22-14(3)10-18(23-19)24-6-8-25(9-7-24)28(26,27)12-15-4-5-16(20)17(21)11-15/h4-5,10-11,13H,6-9,12H2,1-3H3. The number of aromatic nitrogens is 2. The number of hydrogen-bond acceptors (Lipinski definition) is 5. The molecule has 28 heavy (non-hydrogen) atoms. The van der Waals surface area contributed by atoms with E-state index >= 15 is 0 Å². The zero-order chi connectivity index (χ0) is 20.5. The molecule has 1 fully saturated rings. The van der Waals surface area contributed by atoms with E-state index < -0.39 is 10.0 Å². The second-order valence-electron chi connectivity index (χ2n) is 7.27. The number of sulfonamides is 1. The molecule has 1 aromatic carbocycles. The minimum atomic E-state index is -3.43. The fraction of sp³-hybridized carbons (Fsp3) is 0.474. The lowest BCUT2D eigenvalue weighted by Gasteiger charge is -2.35. The molecule has 0 saturated carbocycles. The van der Waals surface area contributed by atoms with E-state index in [-0.39, 0.29) is 11.7 Å². The van der Waals surface area contributed by atoms with E-state index in [0.29, 0.717) is 41.8 Å². The van der Waals surface area contributed by atoms with Crippen LogP contribution in [0.1, 0.15) is 36.8 Å². The van der Waals surface area contributed by atoms with Crippen LogP contribution in [0.3, 0.4) is 0 Å². The molecule has 6 nitrogen and oxygen atoms in total. The molecule has 0 atom stereocenters. The maximum absolute atomic E-state index is 12.8. The summed E-state index contributed by atoms with van der Waals surface area (Å²) in [6.07, 6.45) is 0. The third kappa shape index (κ3) is 4.95. The van der Waals surface area contributed by atoms with Gasteiger partial charge < -0.3 is 4.90 Å². The molecule has 0 aliphatic carbocycles. The molecular weight excluding hydrogens is 419 g/mol. The Hall–Kier alpha value is -1.41. The van der Waals surface area contributed by atoms with Crippen molar-refractivity contribution in [1.82, 2.24) is 14.3 Å². The van der Waals surface area contributed by atoms with Gasteiger partial charge in [0.05, 0.1) is 15.8 Å². The first-order chi connectivity index (χ1) is 13.2. The Balaban J connectivity index is 1.68. The Kier molecular flexibility index (Phi) is 6.49. The average molecular weight is 443 g/mol. The highest BCUT2D eigenvalue weighted by atomic mass is 35.5. The van der Waals surface area contributed by atoms with Crippen LogP contribution in [-0.2, 0) is 15.8 Å². The van der Waals surface area contributed by atoms with Crippen LogP contribution >= 0.6 is 23.2 Å². The molecule has 152 valence electrons. The average Bonchev–Trinajstić information content (AvgIpc) is 2.64. The van der Waals surface area contributed by atoms with Crippen LogP contribution in [0.15, 0.2) is 24.3 Å². The van der Waals surface area contributed by atoms with Crippen LogP contribution in [-0.4, -0.2) is 48.9 Å². The number of halogens is 2. The summed E-state index contributed by atoms with van der Waals surface area (Å²) in [4.78, 5) is 11.2. The van der Waals surface area contributed by atoms with E-state index in [2.05, 4.69) is 28.7 Å². The van der Waals surface area contributed by atoms with Crippen molar-refractivity contribution in [3.63, 3.8) is 0 Å². The van der Waals surface area contributed by atoms with E-state index in [1.165, 1.54) is 4.31 Å². The Morgan fingerprint density at radius 2 is 1.71 bits per heavy atom. The number of aryl methyl sites for hydroxylation is 1. The molecule has 2 aromatic rings. The van der Waals surface area contributed by atoms with Gasteiger partial charge in [-0.15, -0.1) is 0 Å². The minimum Gasteiger partial charge on any atom is -0.354 e. The summed E-state index contributed by atoms with van der Waals surface area (Å²) in [5.74, 6) is 1.82. The molecule has 1 saturated heterocycles. The second kappa shape index (κ2) is 8.53. The summed E-state index contributed by atoms with van der Waals surface area (Å²) in [5, 5.41) is 0.775. The molecule has 0 bridgehead atoms. The van der Waals surface area contributed by atoms with Crippen LogP contribution < -0.4 is 4.90 Å². The molecule has 0 N–H and O–H groups in total. The van der Waals surface area contributed by atoms with Gasteiger partial charge in [-0.2, -0.15) is 4.31 Å². The van der Waals surface area contributed by atoms with Crippen molar-refractivity contribution in [2.45, 2.75) is 32.4 Å². The molecule has 2 heterocycles. The van der Waals surface area contributed by atoms with Gasteiger partial charge in [-0.1, -0.05) is 43.1 Å². The van der Waals surface area contributed by atoms with Gasteiger partial charge in [-0.25, -0.2) is 18.4 Å². The zero-order valence-electron chi connectivity index (χ0n) is 16.2. The zero-order valence-corrected chi connectivity index (χ0v) is 18.5. The molecule has 9 heteroatoms. The van der Waals surface area contributed by atoms with Gasteiger partial charge in [0.1, 0.15) is 11.6 Å². The summed E-state index contributed by atoms with van der Waals surface area (Å²) in [6, 6.07) is 6.87. The Morgan fingerprint density at radius 1 is 1.04 bits per heavy atom. The molecule has 0 spiro atoms. The van der Waals surface area contributed by atoms with Crippen molar-refractivity contribution in [3.8, 4) is 0 Å². The quantitative estimate of drug-likeness (QED) is 0.702. The maximum Gasteiger partial charge on any atom is 0.218 e. The molecule has 0 radical (unpaired) electrons. The number of rotatable bonds is 5. The van der Waals surface area contributed by atoms with E-state index in [9.17, 15) is 8.42 Å². The van der Waals surface area contributed by atoms with Crippen molar-refractivity contribution in [2.24, 2.45) is 0 Å². The number of nitrogens with zero attached hydrogens (tertiary/aromatic N) is 4. The van der Waals surface area contributed by atoms with Crippen molar-refractivity contribution in [1.29, 1.82) is 0 Å². The van der Waals surface area contributed by atoms with E-state index in [1.54, 1.807) is 18.2 Å². The topological polar surface area (TPSA) is 66.4 Å². The summed E-state index contributed by atoms with van der Waals surface area (Å²) in [5.41, 5.74) is 1.55. The first-order valence-corrected chi connectivity index (χ1v) is 11.5. The predicted molar refractivity (Wildman–Crippen MR) is 114 cm³/mol. The van der Waals surface area contributed by atoms with Crippen LogP contribution in [0.2, 0.25) is 10.0 Å². The number of hydrogen-bond donors (Lipinski definition) is 0. The van der Waals surface area contributed by atoms with E-state index in [0.717, 1.165) is 17.3 Å². The minimum absolute atomic E-state index is 0.0893. The van der Waals surface area contributed by atoms with Gasteiger partial charge in [0.15, 0.2) is 0 Å². The third-order valence-corrected chi connectivity index (χ3v) is 7.25. The molecule has 1 aliphatic heterocycles. The van der Waals surface area contributed by atoms with Crippen LogP contribution in [0.5, 0.6) is 0 Å². The van der Waals surface area contributed by atoms with Crippen molar-refractivity contribution in [3.05, 3.63) is 51.4 Å². The van der Waals surface area contributed by atoms with Gasteiger partial charge in [-0.3, -0.25) is 0 Å². The summed E-state index contributed by atoms with van der Waals surface area (Å²) >= 11 is 11.9. The van der Waals surface area contributed by atoms with Crippen LogP contribution in [0.4, 0.5) is 5.82 Å². The fourth-order valence-corrected chi connectivity index (χ4v) is 4.95. The van der Waals surface area contributed by atoms with Crippen molar-refractivity contribution >= 4 is 39.0 Å². The van der Waals surface area contributed by atoms with Crippen molar-refractivity contribution < 1.29 is 8.42 Å². The highest BCUT2D eigenvalue weighted by Gasteiger charge is 2.28. The molecule has 3 rings (SSSR count). The third-order valence-electron chi connectivity index (χ3n) is 4.66. The predicted octanol–water partition coefficient (Wildman–Crippen LogP) is 3.87. The van der Waals surface area contributed by atoms with E-state index in [1.807, 2.05) is 13.0 Å². The molecule has 0 unspecified atom stereocenters. The second-order valence-corrected chi connectivity index (χ2v) is 10.1. The Morgan fingerprint density at radius 3 is 2.32 bits per heavy atom.